The molecule has 3 heteroatoms. The monoisotopic (exact) mass is 168 g/mol. The Balaban J connectivity index is 2.90. The van der Waals surface area contributed by atoms with Crippen molar-refractivity contribution in [3.8, 4) is 0 Å². The van der Waals surface area contributed by atoms with E-state index in [0.717, 1.165) is 0 Å². The van der Waals surface area contributed by atoms with Crippen LogP contribution in [0.2, 0.25) is 0 Å². The molecule has 0 aliphatic rings. The minimum absolute atomic E-state index is 0.210. The van der Waals surface area contributed by atoms with E-state index in [1.165, 1.54) is 6.07 Å². The van der Waals surface area contributed by atoms with Crippen LogP contribution in [0.25, 0.3) is 0 Å². The third-order valence-corrected chi connectivity index (χ3v) is 1.43. The summed E-state index contributed by atoms with van der Waals surface area (Å²) in [5.41, 5.74) is 6.53. The van der Waals surface area contributed by atoms with Crippen molar-refractivity contribution >= 4 is 11.4 Å². The summed E-state index contributed by atoms with van der Waals surface area (Å²) in [6.45, 7) is 3.89. The van der Waals surface area contributed by atoms with E-state index < -0.39 is 0 Å². The Bertz CT molecular complexity index is 271. The van der Waals surface area contributed by atoms with Gasteiger partial charge in [0.2, 0.25) is 0 Å². The zero-order valence-electron chi connectivity index (χ0n) is 7.26. The lowest BCUT2D eigenvalue weighted by Gasteiger charge is -2.10. The van der Waals surface area contributed by atoms with Crippen LogP contribution in [0.1, 0.15) is 13.8 Å². The maximum atomic E-state index is 13.0. The Morgan fingerprint density at radius 1 is 1.42 bits per heavy atom. The van der Waals surface area contributed by atoms with Gasteiger partial charge in [0.1, 0.15) is 5.82 Å². The van der Waals surface area contributed by atoms with Gasteiger partial charge in [0.05, 0.1) is 5.69 Å². The molecule has 0 aliphatic heterocycles. The largest absolute Gasteiger partial charge is 0.399 e. The summed E-state index contributed by atoms with van der Waals surface area (Å²) in [5.74, 6) is -0.266. The molecular weight excluding hydrogens is 155 g/mol. The predicted octanol–water partition coefficient (Wildman–Crippen LogP) is 2.23. The molecule has 66 valence electrons. The molecule has 3 N–H and O–H groups in total. The van der Waals surface area contributed by atoms with Crippen molar-refractivity contribution in [3.05, 3.63) is 24.0 Å². The van der Waals surface area contributed by atoms with Gasteiger partial charge in [-0.05, 0) is 32.0 Å². The Labute approximate surface area is 71.6 Å². The van der Waals surface area contributed by atoms with E-state index in [1.807, 2.05) is 13.8 Å². The average molecular weight is 168 g/mol. The van der Waals surface area contributed by atoms with Crippen molar-refractivity contribution in [2.75, 3.05) is 11.1 Å². The molecule has 0 aliphatic carbocycles. The molecule has 1 aromatic rings. The number of nitrogens with two attached hydrogens (primary N) is 1. The highest BCUT2D eigenvalue weighted by molar-refractivity contribution is 5.55. The quantitative estimate of drug-likeness (QED) is 0.664. The van der Waals surface area contributed by atoms with Crippen LogP contribution in [0.3, 0.4) is 0 Å². The predicted molar refractivity (Wildman–Crippen MR) is 49.6 cm³/mol. The molecule has 0 saturated heterocycles. The summed E-state index contributed by atoms with van der Waals surface area (Å²) in [6, 6.07) is 4.71. The van der Waals surface area contributed by atoms with Crippen molar-refractivity contribution in [1.29, 1.82) is 0 Å². The van der Waals surface area contributed by atoms with Crippen LogP contribution in [0.4, 0.5) is 15.8 Å². The van der Waals surface area contributed by atoms with E-state index in [4.69, 9.17) is 5.73 Å². The fourth-order valence-corrected chi connectivity index (χ4v) is 0.965. The molecular formula is C9H13FN2. The Hall–Kier alpha value is -1.25. The number of nitrogen functional groups attached to an aromatic ring is 1. The summed E-state index contributed by atoms with van der Waals surface area (Å²) < 4.78 is 13.0. The van der Waals surface area contributed by atoms with E-state index in [0.29, 0.717) is 11.4 Å². The number of hydrogen-bond donors (Lipinski definition) is 2. The molecule has 0 fully saturated rings. The third-order valence-electron chi connectivity index (χ3n) is 1.43. The van der Waals surface area contributed by atoms with Gasteiger partial charge in [-0.2, -0.15) is 0 Å². The van der Waals surface area contributed by atoms with E-state index in [9.17, 15) is 4.39 Å². The normalized spacial score (nSPS) is 10.3. The van der Waals surface area contributed by atoms with Gasteiger partial charge in [-0.15, -0.1) is 0 Å². The first-order chi connectivity index (χ1) is 5.59. The minimum Gasteiger partial charge on any atom is -0.399 e. The molecule has 0 saturated carbocycles. The maximum Gasteiger partial charge on any atom is 0.146 e. The molecule has 0 spiro atoms. The number of halogens is 1. The highest BCUT2D eigenvalue weighted by Crippen LogP contribution is 2.17. The van der Waals surface area contributed by atoms with Crippen molar-refractivity contribution in [2.45, 2.75) is 19.9 Å². The molecule has 2 nitrogen and oxygen atoms in total. The smallest absolute Gasteiger partial charge is 0.146 e. The summed E-state index contributed by atoms with van der Waals surface area (Å²) in [4.78, 5) is 0. The first-order valence-corrected chi connectivity index (χ1v) is 3.91. The summed E-state index contributed by atoms with van der Waals surface area (Å²) in [7, 11) is 0. The molecule has 1 rings (SSSR count). The second-order valence-electron chi connectivity index (χ2n) is 3.04. The molecule has 0 atom stereocenters. The first kappa shape index (κ1) is 8.84. The highest BCUT2D eigenvalue weighted by atomic mass is 19.1. The zero-order valence-corrected chi connectivity index (χ0v) is 7.26. The Morgan fingerprint density at radius 3 is 2.67 bits per heavy atom. The second-order valence-corrected chi connectivity index (χ2v) is 3.04. The topological polar surface area (TPSA) is 38.0 Å². The van der Waals surface area contributed by atoms with Crippen molar-refractivity contribution in [2.24, 2.45) is 0 Å². The lowest BCUT2D eigenvalue weighted by atomic mass is 10.2. The number of hydrogen-bond acceptors (Lipinski definition) is 2. The van der Waals surface area contributed by atoms with E-state index in [-0.39, 0.29) is 11.9 Å². The van der Waals surface area contributed by atoms with E-state index >= 15 is 0 Å². The molecule has 0 bridgehead atoms. The maximum absolute atomic E-state index is 13.0. The van der Waals surface area contributed by atoms with Crippen LogP contribution in [0.15, 0.2) is 18.2 Å². The van der Waals surface area contributed by atoms with E-state index in [2.05, 4.69) is 5.32 Å². The van der Waals surface area contributed by atoms with Gasteiger partial charge < -0.3 is 11.1 Å². The van der Waals surface area contributed by atoms with Gasteiger partial charge in [-0.1, -0.05) is 0 Å². The fraction of sp³-hybridized carbons (Fsp3) is 0.333. The van der Waals surface area contributed by atoms with Crippen molar-refractivity contribution in [1.82, 2.24) is 0 Å². The summed E-state index contributed by atoms with van der Waals surface area (Å²) >= 11 is 0. The van der Waals surface area contributed by atoms with Crippen LogP contribution in [0.5, 0.6) is 0 Å². The lowest BCUT2D eigenvalue weighted by Crippen LogP contribution is -2.11. The standard InChI is InChI=1S/C9H13FN2/c1-6(2)12-9-5-7(11)3-4-8(9)10/h3-6,12H,11H2,1-2H3. The Kier molecular flexibility index (Phi) is 2.53. The van der Waals surface area contributed by atoms with Gasteiger partial charge >= 0.3 is 0 Å². The summed E-state index contributed by atoms with van der Waals surface area (Å²) in [6.07, 6.45) is 0. The van der Waals surface area contributed by atoms with Gasteiger partial charge in [0, 0.05) is 11.7 Å². The molecule has 0 radical (unpaired) electrons. The Morgan fingerprint density at radius 2 is 2.08 bits per heavy atom. The van der Waals surface area contributed by atoms with Gasteiger partial charge in [0.15, 0.2) is 0 Å². The highest BCUT2D eigenvalue weighted by Gasteiger charge is 2.02. The number of benzene rings is 1. The molecule has 1 aromatic carbocycles. The average Bonchev–Trinajstić information content (AvgIpc) is 1.96. The van der Waals surface area contributed by atoms with Crippen LogP contribution < -0.4 is 11.1 Å². The molecule has 0 amide bonds. The van der Waals surface area contributed by atoms with Crippen LogP contribution in [-0.2, 0) is 0 Å². The van der Waals surface area contributed by atoms with Crippen molar-refractivity contribution < 1.29 is 4.39 Å². The minimum atomic E-state index is -0.266. The first-order valence-electron chi connectivity index (χ1n) is 3.91. The summed E-state index contributed by atoms with van der Waals surface area (Å²) in [5, 5.41) is 2.96. The van der Waals surface area contributed by atoms with Crippen LogP contribution >= 0.6 is 0 Å². The van der Waals surface area contributed by atoms with Gasteiger partial charge in [-0.3, -0.25) is 0 Å². The molecule has 0 aromatic heterocycles. The zero-order chi connectivity index (χ0) is 9.14. The van der Waals surface area contributed by atoms with E-state index in [1.54, 1.807) is 12.1 Å². The number of rotatable bonds is 2. The second kappa shape index (κ2) is 3.43. The molecule has 12 heavy (non-hydrogen) atoms. The SMILES string of the molecule is CC(C)Nc1cc(N)ccc1F. The van der Waals surface area contributed by atoms with Gasteiger partial charge in [0.25, 0.3) is 0 Å². The van der Waals surface area contributed by atoms with Crippen molar-refractivity contribution in [3.63, 3.8) is 0 Å². The van der Waals surface area contributed by atoms with Crippen LogP contribution in [0, 0.1) is 5.82 Å². The van der Waals surface area contributed by atoms with Gasteiger partial charge in [-0.25, -0.2) is 4.39 Å². The number of nitrogens with one attached hydrogen (secondary N) is 1. The molecule has 0 unspecified atom stereocenters. The molecule has 0 heterocycles. The lowest BCUT2D eigenvalue weighted by molar-refractivity contribution is 0.628. The van der Waals surface area contributed by atoms with Crippen LogP contribution in [-0.4, -0.2) is 6.04 Å². The fourth-order valence-electron chi connectivity index (χ4n) is 0.965. The number of anilines is 2. The third kappa shape index (κ3) is 2.12.